The van der Waals surface area contributed by atoms with Crippen LogP contribution in [0.4, 0.5) is 5.82 Å². The fourth-order valence-electron chi connectivity index (χ4n) is 2.63. The third-order valence-electron chi connectivity index (χ3n) is 3.85. The molecule has 3 aromatic heterocycles. The molecule has 0 aliphatic carbocycles. The fraction of sp³-hybridized carbons (Fsp3) is 0.118. The number of hydrogen-bond donors (Lipinski definition) is 2. The molecule has 0 aliphatic rings. The summed E-state index contributed by atoms with van der Waals surface area (Å²) in [5.74, 6) is 1.49. The van der Waals surface area contributed by atoms with Gasteiger partial charge in [-0.2, -0.15) is 0 Å². The normalized spacial score (nSPS) is 11.0. The highest BCUT2D eigenvalue weighted by Crippen LogP contribution is 2.22. The van der Waals surface area contributed by atoms with Crippen molar-refractivity contribution in [2.24, 2.45) is 0 Å². The van der Waals surface area contributed by atoms with E-state index in [2.05, 4.69) is 25.5 Å². The highest BCUT2D eigenvalue weighted by Gasteiger charge is 2.05. The number of nitrogens with one attached hydrogen (secondary N) is 2. The average Bonchev–Trinajstić information content (AvgIpc) is 3.26. The summed E-state index contributed by atoms with van der Waals surface area (Å²) in [4.78, 5) is 7.26. The first-order chi connectivity index (χ1) is 11.8. The van der Waals surface area contributed by atoms with E-state index in [0.29, 0.717) is 0 Å². The maximum atomic E-state index is 6.08. The predicted molar refractivity (Wildman–Crippen MR) is 94.7 cm³/mol. The van der Waals surface area contributed by atoms with Crippen LogP contribution in [0.1, 0.15) is 5.56 Å². The molecule has 0 atom stereocenters. The molecule has 0 bridgehead atoms. The van der Waals surface area contributed by atoms with Crippen molar-refractivity contribution in [1.29, 1.82) is 0 Å². The van der Waals surface area contributed by atoms with Crippen molar-refractivity contribution < 1.29 is 0 Å². The van der Waals surface area contributed by atoms with Gasteiger partial charge in [0.1, 0.15) is 12.1 Å². The number of aromatic amines is 1. The van der Waals surface area contributed by atoms with E-state index >= 15 is 0 Å². The molecule has 2 N–H and O–H groups in total. The Labute approximate surface area is 143 Å². The van der Waals surface area contributed by atoms with Gasteiger partial charge in [-0.3, -0.25) is 4.57 Å². The van der Waals surface area contributed by atoms with Crippen LogP contribution in [0.25, 0.3) is 16.7 Å². The molecule has 0 aliphatic heterocycles. The van der Waals surface area contributed by atoms with Gasteiger partial charge in [0.05, 0.1) is 0 Å². The molecule has 0 fully saturated rings. The molecule has 0 spiro atoms. The molecule has 0 saturated heterocycles. The van der Waals surface area contributed by atoms with Gasteiger partial charge >= 0.3 is 0 Å². The molecule has 0 saturated carbocycles. The number of imidazole rings is 1. The first-order valence-electron chi connectivity index (χ1n) is 7.61. The maximum absolute atomic E-state index is 6.08. The van der Waals surface area contributed by atoms with Gasteiger partial charge < -0.3 is 10.3 Å². The number of halogens is 1. The summed E-state index contributed by atoms with van der Waals surface area (Å²) >= 11 is 6.08. The second-order valence-corrected chi connectivity index (χ2v) is 5.86. The highest BCUT2D eigenvalue weighted by atomic mass is 35.5. The Kier molecular flexibility index (Phi) is 3.88. The number of hydrogen-bond acceptors (Lipinski definition) is 4. The molecule has 120 valence electrons. The van der Waals surface area contributed by atoms with Crippen LogP contribution in [0.5, 0.6) is 0 Å². The molecule has 3 heterocycles. The van der Waals surface area contributed by atoms with Gasteiger partial charge in [0.25, 0.3) is 0 Å². The monoisotopic (exact) mass is 338 g/mol. The zero-order valence-electron chi connectivity index (χ0n) is 12.8. The van der Waals surface area contributed by atoms with Crippen molar-refractivity contribution in [3.63, 3.8) is 0 Å². The van der Waals surface area contributed by atoms with Crippen LogP contribution < -0.4 is 5.32 Å². The lowest BCUT2D eigenvalue weighted by Gasteiger charge is -2.06. The van der Waals surface area contributed by atoms with Gasteiger partial charge in [0, 0.05) is 41.1 Å². The van der Waals surface area contributed by atoms with Gasteiger partial charge in [0.15, 0.2) is 5.82 Å². The SMILES string of the molecule is Clc1ccc2[nH]cc(CCNc3ccc(-n4ccnc4)nn3)c2c1. The molecule has 7 heteroatoms. The Balaban J connectivity index is 1.41. The number of H-pyrrole nitrogens is 1. The molecule has 6 nitrogen and oxygen atoms in total. The minimum Gasteiger partial charge on any atom is -0.368 e. The molecular weight excluding hydrogens is 324 g/mol. The van der Waals surface area contributed by atoms with Crippen molar-refractivity contribution in [2.75, 3.05) is 11.9 Å². The van der Waals surface area contributed by atoms with Crippen LogP contribution in [-0.4, -0.2) is 31.3 Å². The van der Waals surface area contributed by atoms with Crippen LogP contribution in [0.3, 0.4) is 0 Å². The minimum absolute atomic E-state index is 0.740. The Hall–Kier alpha value is -2.86. The van der Waals surface area contributed by atoms with E-state index in [9.17, 15) is 0 Å². The topological polar surface area (TPSA) is 71.4 Å². The lowest BCUT2D eigenvalue weighted by molar-refractivity contribution is 0.903. The largest absolute Gasteiger partial charge is 0.368 e. The zero-order valence-corrected chi connectivity index (χ0v) is 13.5. The van der Waals surface area contributed by atoms with Gasteiger partial charge in [-0.15, -0.1) is 10.2 Å². The van der Waals surface area contributed by atoms with Crippen LogP contribution in [0.15, 0.2) is 55.2 Å². The Morgan fingerprint density at radius 3 is 2.92 bits per heavy atom. The van der Waals surface area contributed by atoms with E-state index in [-0.39, 0.29) is 0 Å². The van der Waals surface area contributed by atoms with E-state index < -0.39 is 0 Å². The van der Waals surface area contributed by atoms with Gasteiger partial charge in [0.2, 0.25) is 0 Å². The molecule has 24 heavy (non-hydrogen) atoms. The Morgan fingerprint density at radius 1 is 1.17 bits per heavy atom. The van der Waals surface area contributed by atoms with Crippen molar-refractivity contribution in [2.45, 2.75) is 6.42 Å². The van der Waals surface area contributed by atoms with E-state index in [0.717, 1.165) is 40.5 Å². The van der Waals surface area contributed by atoms with Crippen molar-refractivity contribution in [1.82, 2.24) is 24.7 Å². The lowest BCUT2D eigenvalue weighted by Crippen LogP contribution is -2.07. The molecule has 0 unspecified atom stereocenters. The van der Waals surface area contributed by atoms with Gasteiger partial charge in [-0.1, -0.05) is 11.6 Å². The maximum Gasteiger partial charge on any atom is 0.160 e. The standard InChI is InChI=1S/C17H15ClN6/c18-13-1-2-15-14(9-13)12(10-21-15)5-6-20-16-3-4-17(23-22-16)24-8-7-19-11-24/h1-4,7-11,21H,5-6H2,(H,20,22). The number of anilines is 1. The summed E-state index contributed by atoms with van der Waals surface area (Å²) < 4.78 is 1.81. The van der Waals surface area contributed by atoms with Crippen molar-refractivity contribution >= 4 is 28.3 Å². The minimum atomic E-state index is 0.740. The van der Waals surface area contributed by atoms with Crippen LogP contribution in [-0.2, 0) is 6.42 Å². The number of benzene rings is 1. The summed E-state index contributed by atoms with van der Waals surface area (Å²) in [7, 11) is 0. The summed E-state index contributed by atoms with van der Waals surface area (Å²) in [5.41, 5.74) is 2.32. The molecule has 0 amide bonds. The van der Waals surface area contributed by atoms with E-state index in [1.165, 1.54) is 5.56 Å². The molecule has 1 aromatic carbocycles. The van der Waals surface area contributed by atoms with E-state index in [1.807, 2.05) is 47.3 Å². The van der Waals surface area contributed by atoms with Gasteiger partial charge in [-0.25, -0.2) is 4.98 Å². The second-order valence-electron chi connectivity index (χ2n) is 5.43. The number of nitrogens with zero attached hydrogens (tertiary/aromatic N) is 4. The van der Waals surface area contributed by atoms with E-state index in [1.54, 1.807) is 12.5 Å². The molecule has 4 aromatic rings. The first kappa shape index (κ1) is 14.7. The number of fused-ring (bicyclic) bond motifs is 1. The van der Waals surface area contributed by atoms with Crippen LogP contribution in [0, 0.1) is 0 Å². The number of aromatic nitrogens is 5. The predicted octanol–water partition coefficient (Wildman–Crippen LogP) is 3.45. The smallest absolute Gasteiger partial charge is 0.160 e. The van der Waals surface area contributed by atoms with Crippen molar-refractivity contribution in [3.8, 4) is 5.82 Å². The van der Waals surface area contributed by atoms with Crippen LogP contribution in [0.2, 0.25) is 5.02 Å². The summed E-state index contributed by atoms with van der Waals surface area (Å²) in [6, 6.07) is 9.69. The summed E-state index contributed by atoms with van der Waals surface area (Å²) in [6.45, 7) is 0.762. The average molecular weight is 339 g/mol. The summed E-state index contributed by atoms with van der Waals surface area (Å²) in [6.07, 6.45) is 8.13. The van der Waals surface area contributed by atoms with Crippen molar-refractivity contribution in [3.05, 3.63) is 65.8 Å². The molecule has 0 radical (unpaired) electrons. The molecule has 4 rings (SSSR count). The highest BCUT2D eigenvalue weighted by molar-refractivity contribution is 6.31. The summed E-state index contributed by atoms with van der Waals surface area (Å²) in [5, 5.41) is 13.6. The molecular formula is C17H15ClN6. The first-order valence-corrected chi connectivity index (χ1v) is 7.99. The Bertz CT molecular complexity index is 943. The quantitative estimate of drug-likeness (QED) is 0.584. The fourth-order valence-corrected chi connectivity index (χ4v) is 2.81. The second kappa shape index (κ2) is 6.33. The Morgan fingerprint density at radius 2 is 2.12 bits per heavy atom. The third kappa shape index (κ3) is 2.96. The van der Waals surface area contributed by atoms with E-state index in [4.69, 9.17) is 11.6 Å². The lowest BCUT2D eigenvalue weighted by atomic mass is 10.1. The number of rotatable bonds is 5. The zero-order chi connectivity index (χ0) is 16.4. The third-order valence-corrected chi connectivity index (χ3v) is 4.08. The van der Waals surface area contributed by atoms with Crippen LogP contribution >= 0.6 is 11.6 Å². The van der Waals surface area contributed by atoms with Gasteiger partial charge in [-0.05, 0) is 42.3 Å².